The molecule has 0 amide bonds. The lowest BCUT2D eigenvalue weighted by molar-refractivity contribution is 0.172. The monoisotopic (exact) mass is 380 g/mol. The van der Waals surface area contributed by atoms with Gasteiger partial charge in [-0.15, -0.1) is 5.10 Å². The third-order valence-corrected chi connectivity index (χ3v) is 6.15. The van der Waals surface area contributed by atoms with Crippen LogP contribution in [0.2, 0.25) is 0 Å². The molecule has 3 aromatic rings. The number of aliphatic hydroxyl groups excluding tert-OH is 1. The SMILES string of the molecule is OC1CCN(Cc2cn(C3CCN(Cc4ccc5[nH]ccc5c4)CC3)nn2)C1. The van der Waals surface area contributed by atoms with Crippen molar-refractivity contribution in [3.8, 4) is 0 Å². The van der Waals surface area contributed by atoms with Crippen LogP contribution in [-0.4, -0.2) is 67.2 Å². The molecule has 1 atom stereocenters. The van der Waals surface area contributed by atoms with E-state index in [-0.39, 0.29) is 6.10 Å². The number of β-amino-alcohol motifs (C(OH)–C–C–N with tert-alkyl or cyclic N) is 1. The first kappa shape index (κ1) is 17.8. The van der Waals surface area contributed by atoms with E-state index < -0.39 is 0 Å². The third kappa shape index (κ3) is 3.83. The average molecular weight is 380 g/mol. The predicted octanol–water partition coefficient (Wildman–Crippen LogP) is 2.16. The van der Waals surface area contributed by atoms with Gasteiger partial charge < -0.3 is 10.1 Å². The van der Waals surface area contributed by atoms with E-state index in [0.29, 0.717) is 6.04 Å². The lowest BCUT2D eigenvalue weighted by Gasteiger charge is -2.31. The maximum absolute atomic E-state index is 9.67. The minimum absolute atomic E-state index is 0.183. The third-order valence-electron chi connectivity index (χ3n) is 6.15. The summed E-state index contributed by atoms with van der Waals surface area (Å²) in [5.41, 5.74) is 3.59. The molecule has 4 heterocycles. The minimum Gasteiger partial charge on any atom is -0.392 e. The molecule has 7 heteroatoms. The van der Waals surface area contributed by atoms with Crippen LogP contribution in [-0.2, 0) is 13.1 Å². The molecule has 2 aliphatic heterocycles. The lowest BCUT2D eigenvalue weighted by atomic mass is 10.0. The molecule has 0 saturated carbocycles. The number of fused-ring (bicyclic) bond motifs is 1. The zero-order chi connectivity index (χ0) is 18.9. The highest BCUT2D eigenvalue weighted by molar-refractivity contribution is 5.79. The highest BCUT2D eigenvalue weighted by Crippen LogP contribution is 2.24. The number of rotatable bonds is 5. The molecular weight excluding hydrogens is 352 g/mol. The number of H-pyrrole nitrogens is 1. The Hall–Kier alpha value is -2.22. The van der Waals surface area contributed by atoms with Crippen LogP contribution in [0.25, 0.3) is 10.9 Å². The Morgan fingerprint density at radius 1 is 1.04 bits per heavy atom. The van der Waals surface area contributed by atoms with Crippen molar-refractivity contribution in [2.45, 2.75) is 44.5 Å². The van der Waals surface area contributed by atoms with Gasteiger partial charge in [-0.25, -0.2) is 4.68 Å². The molecule has 0 radical (unpaired) electrons. The molecule has 1 unspecified atom stereocenters. The van der Waals surface area contributed by atoms with E-state index in [4.69, 9.17) is 0 Å². The van der Waals surface area contributed by atoms with E-state index in [0.717, 1.165) is 64.2 Å². The Labute approximate surface area is 164 Å². The van der Waals surface area contributed by atoms with Crippen LogP contribution in [0.4, 0.5) is 0 Å². The molecule has 1 aromatic carbocycles. The molecular formula is C21H28N6O. The summed E-state index contributed by atoms with van der Waals surface area (Å²) in [6.07, 6.45) is 7.00. The molecule has 0 aliphatic carbocycles. The zero-order valence-electron chi connectivity index (χ0n) is 16.2. The second-order valence-corrected chi connectivity index (χ2v) is 8.27. The largest absolute Gasteiger partial charge is 0.392 e. The highest BCUT2D eigenvalue weighted by Gasteiger charge is 2.24. The Kier molecular flexibility index (Phi) is 4.88. The predicted molar refractivity (Wildman–Crippen MR) is 108 cm³/mol. The number of nitrogens with one attached hydrogen (secondary N) is 1. The van der Waals surface area contributed by atoms with Crippen LogP contribution in [0.5, 0.6) is 0 Å². The molecule has 2 saturated heterocycles. The van der Waals surface area contributed by atoms with Crippen molar-refractivity contribution < 1.29 is 5.11 Å². The minimum atomic E-state index is -0.183. The molecule has 2 aromatic heterocycles. The van der Waals surface area contributed by atoms with Gasteiger partial charge in [-0.3, -0.25) is 9.80 Å². The van der Waals surface area contributed by atoms with Crippen LogP contribution in [0.3, 0.4) is 0 Å². The van der Waals surface area contributed by atoms with E-state index in [2.05, 4.69) is 60.2 Å². The number of likely N-dealkylation sites (tertiary alicyclic amines) is 2. The summed E-state index contributed by atoms with van der Waals surface area (Å²) in [5.74, 6) is 0. The van der Waals surface area contributed by atoms with E-state index >= 15 is 0 Å². The smallest absolute Gasteiger partial charge is 0.0967 e. The number of hydrogen-bond acceptors (Lipinski definition) is 5. The van der Waals surface area contributed by atoms with Gasteiger partial charge >= 0.3 is 0 Å². The van der Waals surface area contributed by atoms with Crippen molar-refractivity contribution in [3.63, 3.8) is 0 Å². The number of aromatic amines is 1. The fourth-order valence-electron chi connectivity index (χ4n) is 4.55. The van der Waals surface area contributed by atoms with Gasteiger partial charge in [0.25, 0.3) is 0 Å². The van der Waals surface area contributed by atoms with Crippen LogP contribution in [0.1, 0.15) is 36.6 Å². The standard InChI is InChI=1S/C21H28N6O/c28-20-6-10-26(15-20)13-18-14-27(24-23-18)19-4-8-25(9-5-19)12-16-1-2-21-17(11-16)3-7-22-21/h1-3,7,11,14,19-20,22,28H,4-6,8-10,12-13,15H2. The summed E-state index contributed by atoms with van der Waals surface area (Å²) in [6.45, 7) is 5.67. The highest BCUT2D eigenvalue weighted by atomic mass is 16.3. The van der Waals surface area contributed by atoms with Gasteiger partial charge in [0.05, 0.1) is 24.0 Å². The summed E-state index contributed by atoms with van der Waals surface area (Å²) in [7, 11) is 0. The quantitative estimate of drug-likeness (QED) is 0.710. The van der Waals surface area contributed by atoms with E-state index in [1.165, 1.54) is 16.5 Å². The topological polar surface area (TPSA) is 73.2 Å². The van der Waals surface area contributed by atoms with Crippen LogP contribution in [0.15, 0.2) is 36.7 Å². The second kappa shape index (κ2) is 7.66. The van der Waals surface area contributed by atoms with Crippen molar-refractivity contribution in [2.24, 2.45) is 0 Å². The maximum Gasteiger partial charge on any atom is 0.0967 e. The normalized spacial score (nSPS) is 22.4. The van der Waals surface area contributed by atoms with Crippen molar-refractivity contribution in [1.82, 2.24) is 29.8 Å². The number of nitrogens with zero attached hydrogens (tertiary/aromatic N) is 5. The number of hydrogen-bond donors (Lipinski definition) is 2. The number of aromatic nitrogens is 4. The molecule has 2 fully saturated rings. The second-order valence-electron chi connectivity index (χ2n) is 8.27. The van der Waals surface area contributed by atoms with E-state index in [1.807, 2.05) is 6.20 Å². The molecule has 7 nitrogen and oxygen atoms in total. The summed E-state index contributed by atoms with van der Waals surface area (Å²) < 4.78 is 2.06. The number of piperidine rings is 1. The molecule has 2 aliphatic rings. The number of aliphatic hydroxyl groups is 1. The van der Waals surface area contributed by atoms with Crippen molar-refractivity contribution in [2.75, 3.05) is 26.2 Å². The van der Waals surface area contributed by atoms with Gasteiger partial charge in [0.1, 0.15) is 0 Å². The Bertz CT molecular complexity index is 926. The number of benzene rings is 1. The van der Waals surface area contributed by atoms with Gasteiger partial charge in [-0.05, 0) is 48.4 Å². The van der Waals surface area contributed by atoms with E-state index in [1.54, 1.807) is 0 Å². The zero-order valence-corrected chi connectivity index (χ0v) is 16.2. The van der Waals surface area contributed by atoms with Crippen LogP contribution >= 0.6 is 0 Å². The first-order chi connectivity index (χ1) is 13.7. The van der Waals surface area contributed by atoms with Crippen molar-refractivity contribution in [3.05, 3.63) is 47.9 Å². The fourth-order valence-corrected chi connectivity index (χ4v) is 4.55. The van der Waals surface area contributed by atoms with Gasteiger partial charge in [0, 0.05) is 51.0 Å². The first-order valence-electron chi connectivity index (χ1n) is 10.3. The summed E-state index contributed by atoms with van der Waals surface area (Å²) in [4.78, 5) is 8.04. The molecule has 148 valence electrons. The Morgan fingerprint density at radius 2 is 1.89 bits per heavy atom. The van der Waals surface area contributed by atoms with Gasteiger partial charge in [0.2, 0.25) is 0 Å². The van der Waals surface area contributed by atoms with Crippen molar-refractivity contribution in [1.29, 1.82) is 0 Å². The summed E-state index contributed by atoms with van der Waals surface area (Å²) >= 11 is 0. The summed E-state index contributed by atoms with van der Waals surface area (Å²) in [6, 6.07) is 9.26. The molecule has 28 heavy (non-hydrogen) atoms. The Morgan fingerprint density at radius 3 is 2.71 bits per heavy atom. The molecule has 0 spiro atoms. The Balaban J connectivity index is 1.14. The maximum atomic E-state index is 9.67. The fraction of sp³-hybridized carbons (Fsp3) is 0.524. The molecule has 0 bridgehead atoms. The van der Waals surface area contributed by atoms with Crippen molar-refractivity contribution >= 4 is 10.9 Å². The van der Waals surface area contributed by atoms with Crippen LogP contribution in [0, 0.1) is 0 Å². The first-order valence-corrected chi connectivity index (χ1v) is 10.3. The van der Waals surface area contributed by atoms with E-state index in [9.17, 15) is 5.11 Å². The summed E-state index contributed by atoms with van der Waals surface area (Å²) in [5, 5.41) is 19.7. The van der Waals surface area contributed by atoms with Gasteiger partial charge in [-0.2, -0.15) is 0 Å². The molecule has 2 N–H and O–H groups in total. The van der Waals surface area contributed by atoms with Crippen LogP contribution < -0.4 is 0 Å². The van der Waals surface area contributed by atoms with Gasteiger partial charge in [0.15, 0.2) is 0 Å². The molecule has 5 rings (SSSR count). The lowest BCUT2D eigenvalue weighted by Crippen LogP contribution is -2.34. The van der Waals surface area contributed by atoms with Gasteiger partial charge in [-0.1, -0.05) is 11.3 Å². The average Bonchev–Trinajstić information content (AvgIpc) is 3.44.